The van der Waals surface area contributed by atoms with Gasteiger partial charge in [-0.2, -0.15) is 5.26 Å². The van der Waals surface area contributed by atoms with E-state index in [9.17, 15) is 0 Å². The number of nitrogens with zero attached hydrogens (tertiary/aromatic N) is 1. The fraction of sp³-hybridized carbons (Fsp3) is 0.500. The summed E-state index contributed by atoms with van der Waals surface area (Å²) in [6.45, 7) is 6.96. The molecule has 1 rings (SSSR count). The van der Waals surface area contributed by atoms with Gasteiger partial charge < -0.3 is 11.1 Å². The minimum Gasteiger partial charge on any atom is -0.378 e. The molecule has 3 nitrogen and oxygen atoms in total. The highest BCUT2D eigenvalue weighted by Gasteiger charge is 2.24. The SMILES string of the molecule is CC(C)CC(C)(CN)Nc1cc(Br)ccc1C#N. The van der Waals surface area contributed by atoms with Crippen LogP contribution in [-0.2, 0) is 0 Å². The molecule has 0 aromatic heterocycles. The number of nitrogens with two attached hydrogens (primary N) is 1. The van der Waals surface area contributed by atoms with Crippen molar-refractivity contribution in [3.8, 4) is 6.07 Å². The molecule has 18 heavy (non-hydrogen) atoms. The van der Waals surface area contributed by atoms with Crippen molar-refractivity contribution in [3.05, 3.63) is 28.2 Å². The quantitative estimate of drug-likeness (QED) is 0.875. The molecule has 3 N–H and O–H groups in total. The lowest BCUT2D eigenvalue weighted by molar-refractivity contribution is 0.407. The molecule has 0 aliphatic rings. The molecular formula is C14H20BrN3. The number of rotatable bonds is 5. The minimum absolute atomic E-state index is 0.194. The largest absolute Gasteiger partial charge is 0.378 e. The molecule has 0 radical (unpaired) electrons. The molecule has 98 valence electrons. The Balaban J connectivity index is 3.01. The van der Waals surface area contributed by atoms with Crippen LogP contribution in [0.4, 0.5) is 5.69 Å². The Kier molecular flexibility index (Phi) is 5.18. The molecule has 0 saturated heterocycles. The number of anilines is 1. The lowest BCUT2D eigenvalue weighted by atomic mass is 9.90. The van der Waals surface area contributed by atoms with Crippen LogP contribution >= 0.6 is 15.9 Å². The van der Waals surface area contributed by atoms with Crippen molar-refractivity contribution in [1.82, 2.24) is 0 Å². The van der Waals surface area contributed by atoms with Crippen LogP contribution in [0, 0.1) is 17.2 Å². The number of halogens is 1. The predicted molar refractivity (Wildman–Crippen MR) is 79.4 cm³/mol. The molecule has 0 saturated carbocycles. The van der Waals surface area contributed by atoms with E-state index in [1.165, 1.54) is 0 Å². The van der Waals surface area contributed by atoms with Crippen LogP contribution in [0.1, 0.15) is 32.8 Å². The Morgan fingerprint density at radius 1 is 1.50 bits per heavy atom. The van der Waals surface area contributed by atoms with Crippen LogP contribution < -0.4 is 11.1 Å². The molecule has 1 aromatic carbocycles. The average Bonchev–Trinajstić information content (AvgIpc) is 2.28. The van der Waals surface area contributed by atoms with Gasteiger partial charge in [0.1, 0.15) is 6.07 Å². The van der Waals surface area contributed by atoms with Crippen LogP contribution in [0.5, 0.6) is 0 Å². The number of hydrogen-bond acceptors (Lipinski definition) is 3. The summed E-state index contributed by atoms with van der Waals surface area (Å²) in [6.07, 6.45) is 0.959. The summed E-state index contributed by atoms with van der Waals surface area (Å²) in [5, 5.41) is 12.5. The zero-order chi connectivity index (χ0) is 13.8. The smallest absolute Gasteiger partial charge is 0.101 e. The monoisotopic (exact) mass is 309 g/mol. The summed E-state index contributed by atoms with van der Waals surface area (Å²) in [5.41, 5.74) is 7.16. The van der Waals surface area contributed by atoms with Crippen LogP contribution in [-0.4, -0.2) is 12.1 Å². The zero-order valence-corrected chi connectivity index (χ0v) is 12.7. The molecule has 0 aliphatic carbocycles. The van der Waals surface area contributed by atoms with Gasteiger partial charge in [-0.15, -0.1) is 0 Å². The molecular weight excluding hydrogens is 290 g/mol. The topological polar surface area (TPSA) is 61.8 Å². The highest BCUT2D eigenvalue weighted by molar-refractivity contribution is 9.10. The molecule has 0 aliphatic heterocycles. The lowest BCUT2D eigenvalue weighted by Gasteiger charge is -2.32. The van der Waals surface area contributed by atoms with E-state index < -0.39 is 0 Å². The first-order valence-corrected chi connectivity index (χ1v) is 6.87. The van der Waals surface area contributed by atoms with Gasteiger partial charge in [0.05, 0.1) is 11.3 Å². The molecule has 0 heterocycles. The lowest BCUT2D eigenvalue weighted by Crippen LogP contribution is -2.43. The van der Waals surface area contributed by atoms with E-state index >= 15 is 0 Å². The van der Waals surface area contributed by atoms with Gasteiger partial charge in [-0.25, -0.2) is 0 Å². The summed E-state index contributed by atoms with van der Waals surface area (Å²) in [5.74, 6) is 0.545. The Bertz CT molecular complexity index is 451. The van der Waals surface area contributed by atoms with E-state index in [2.05, 4.69) is 48.1 Å². The van der Waals surface area contributed by atoms with E-state index in [4.69, 9.17) is 11.0 Å². The highest BCUT2D eigenvalue weighted by Crippen LogP contribution is 2.26. The molecule has 1 aromatic rings. The maximum atomic E-state index is 9.12. The standard InChI is InChI=1S/C14H20BrN3/c1-10(2)7-14(3,9-17)18-13-6-12(15)5-4-11(13)8-16/h4-6,10,18H,7,9,17H2,1-3H3. The van der Waals surface area contributed by atoms with Gasteiger partial charge in [-0.3, -0.25) is 0 Å². The molecule has 0 spiro atoms. The highest BCUT2D eigenvalue weighted by atomic mass is 79.9. The first-order valence-electron chi connectivity index (χ1n) is 6.08. The number of hydrogen-bond donors (Lipinski definition) is 2. The first-order chi connectivity index (χ1) is 8.40. The summed E-state index contributed by atoms with van der Waals surface area (Å²) in [7, 11) is 0. The van der Waals surface area contributed by atoms with Gasteiger partial charge in [0.2, 0.25) is 0 Å². The van der Waals surface area contributed by atoms with Crippen molar-refractivity contribution in [3.63, 3.8) is 0 Å². The van der Waals surface area contributed by atoms with E-state index in [-0.39, 0.29) is 5.54 Å². The average molecular weight is 310 g/mol. The van der Waals surface area contributed by atoms with Gasteiger partial charge in [0.25, 0.3) is 0 Å². The molecule has 0 fully saturated rings. The fourth-order valence-electron chi connectivity index (χ4n) is 2.13. The maximum Gasteiger partial charge on any atom is 0.101 e. The molecule has 0 bridgehead atoms. The molecule has 0 amide bonds. The van der Waals surface area contributed by atoms with Crippen LogP contribution in [0.3, 0.4) is 0 Å². The van der Waals surface area contributed by atoms with E-state index in [1.807, 2.05) is 12.1 Å². The second-order valence-electron chi connectivity index (χ2n) is 5.29. The first kappa shape index (κ1) is 15.0. The number of benzene rings is 1. The van der Waals surface area contributed by atoms with E-state index in [0.717, 1.165) is 16.6 Å². The summed E-state index contributed by atoms with van der Waals surface area (Å²) < 4.78 is 0.952. The number of nitriles is 1. The number of nitrogens with one attached hydrogen (secondary N) is 1. The third-order valence-electron chi connectivity index (χ3n) is 2.85. The third-order valence-corrected chi connectivity index (χ3v) is 3.34. The third kappa shape index (κ3) is 4.01. The normalized spacial score (nSPS) is 14.1. The van der Waals surface area contributed by atoms with Crippen LogP contribution in [0.15, 0.2) is 22.7 Å². The minimum atomic E-state index is -0.194. The van der Waals surface area contributed by atoms with Crippen LogP contribution in [0.25, 0.3) is 0 Å². The Labute approximate surface area is 118 Å². The zero-order valence-electron chi connectivity index (χ0n) is 11.1. The summed E-state index contributed by atoms with van der Waals surface area (Å²) in [4.78, 5) is 0. The van der Waals surface area contributed by atoms with Crippen molar-refractivity contribution < 1.29 is 0 Å². The van der Waals surface area contributed by atoms with Crippen molar-refractivity contribution in [2.45, 2.75) is 32.7 Å². The Morgan fingerprint density at radius 3 is 2.67 bits per heavy atom. The molecule has 1 unspecified atom stereocenters. The van der Waals surface area contributed by atoms with Crippen LogP contribution in [0.2, 0.25) is 0 Å². The predicted octanol–water partition coefficient (Wildman–Crippen LogP) is 3.50. The van der Waals surface area contributed by atoms with Crippen molar-refractivity contribution in [1.29, 1.82) is 5.26 Å². The second kappa shape index (κ2) is 6.21. The van der Waals surface area contributed by atoms with Crippen molar-refractivity contribution in [2.24, 2.45) is 11.7 Å². The van der Waals surface area contributed by atoms with Crippen molar-refractivity contribution >= 4 is 21.6 Å². The molecule has 4 heteroatoms. The summed E-state index contributed by atoms with van der Waals surface area (Å²) >= 11 is 3.43. The second-order valence-corrected chi connectivity index (χ2v) is 6.21. The van der Waals surface area contributed by atoms with Gasteiger partial charge >= 0.3 is 0 Å². The van der Waals surface area contributed by atoms with Gasteiger partial charge in [-0.1, -0.05) is 29.8 Å². The van der Waals surface area contributed by atoms with Gasteiger partial charge in [0, 0.05) is 16.6 Å². The van der Waals surface area contributed by atoms with E-state index in [1.54, 1.807) is 6.07 Å². The maximum absolute atomic E-state index is 9.12. The fourth-order valence-corrected chi connectivity index (χ4v) is 2.49. The summed E-state index contributed by atoms with van der Waals surface area (Å²) in [6, 6.07) is 7.79. The Hall–Kier alpha value is -1.05. The van der Waals surface area contributed by atoms with Crippen molar-refractivity contribution in [2.75, 3.05) is 11.9 Å². The van der Waals surface area contributed by atoms with Gasteiger partial charge in [0.15, 0.2) is 0 Å². The molecule has 1 atom stereocenters. The van der Waals surface area contributed by atoms with Gasteiger partial charge in [-0.05, 0) is 37.5 Å². The van der Waals surface area contributed by atoms with E-state index in [0.29, 0.717) is 18.0 Å². The Morgan fingerprint density at radius 2 is 2.17 bits per heavy atom.